The number of aryl methyl sites for hydroxylation is 1. The van der Waals surface area contributed by atoms with Gasteiger partial charge in [-0.25, -0.2) is 0 Å². The predicted molar refractivity (Wildman–Crippen MR) is 76.8 cm³/mol. The van der Waals surface area contributed by atoms with Gasteiger partial charge < -0.3 is 10.4 Å². The van der Waals surface area contributed by atoms with E-state index < -0.39 is 0 Å². The van der Waals surface area contributed by atoms with Gasteiger partial charge in [-0.15, -0.1) is 0 Å². The van der Waals surface area contributed by atoms with Crippen LogP contribution in [0.3, 0.4) is 0 Å². The van der Waals surface area contributed by atoms with Crippen LogP contribution in [0.4, 0.5) is 0 Å². The summed E-state index contributed by atoms with van der Waals surface area (Å²) in [6.45, 7) is 3.06. The van der Waals surface area contributed by atoms with Gasteiger partial charge in [0.1, 0.15) is 0 Å². The van der Waals surface area contributed by atoms with Gasteiger partial charge in [0.2, 0.25) is 0 Å². The highest BCUT2D eigenvalue weighted by Crippen LogP contribution is 2.15. The fraction of sp³-hybridized carbons (Fsp3) is 0.333. The molecule has 0 radical (unpaired) electrons. The number of thiophene rings is 1. The highest BCUT2D eigenvalue weighted by molar-refractivity contribution is 7.07. The van der Waals surface area contributed by atoms with Crippen molar-refractivity contribution in [3.8, 4) is 0 Å². The van der Waals surface area contributed by atoms with Crippen LogP contribution < -0.4 is 5.32 Å². The first kappa shape index (κ1) is 13.3. The van der Waals surface area contributed by atoms with Gasteiger partial charge in [-0.1, -0.05) is 31.2 Å². The first-order valence-corrected chi connectivity index (χ1v) is 7.22. The Bertz CT molecular complexity index is 450. The Morgan fingerprint density at radius 3 is 2.50 bits per heavy atom. The summed E-state index contributed by atoms with van der Waals surface area (Å²) < 4.78 is 0. The van der Waals surface area contributed by atoms with Crippen LogP contribution in [0, 0.1) is 0 Å². The average Bonchev–Trinajstić information content (AvgIpc) is 2.93. The molecule has 0 aliphatic heterocycles. The van der Waals surface area contributed by atoms with E-state index in [0.29, 0.717) is 0 Å². The molecule has 2 N–H and O–H groups in total. The quantitative estimate of drug-likeness (QED) is 0.837. The number of benzene rings is 1. The summed E-state index contributed by atoms with van der Waals surface area (Å²) >= 11 is 1.70. The molecule has 0 bridgehead atoms. The molecule has 2 rings (SSSR count). The van der Waals surface area contributed by atoms with Crippen LogP contribution >= 0.6 is 11.3 Å². The molecule has 0 saturated heterocycles. The molecule has 1 aromatic carbocycles. The van der Waals surface area contributed by atoms with E-state index in [9.17, 15) is 5.11 Å². The zero-order chi connectivity index (χ0) is 12.8. The second-order valence-electron chi connectivity index (χ2n) is 4.34. The second kappa shape index (κ2) is 6.69. The van der Waals surface area contributed by atoms with Gasteiger partial charge in [0.15, 0.2) is 0 Å². The smallest absolute Gasteiger partial charge is 0.0626 e. The molecule has 1 unspecified atom stereocenters. The van der Waals surface area contributed by atoms with Gasteiger partial charge >= 0.3 is 0 Å². The Balaban J connectivity index is 1.98. The predicted octanol–water partition coefficient (Wildman–Crippen LogP) is 3.13. The summed E-state index contributed by atoms with van der Waals surface area (Å²) in [5, 5.41) is 17.1. The molecule has 2 nitrogen and oxygen atoms in total. The average molecular weight is 261 g/mol. The van der Waals surface area contributed by atoms with E-state index in [1.807, 2.05) is 0 Å². The molecule has 1 heterocycles. The zero-order valence-corrected chi connectivity index (χ0v) is 11.4. The van der Waals surface area contributed by atoms with Crippen LogP contribution in [-0.4, -0.2) is 11.7 Å². The van der Waals surface area contributed by atoms with E-state index in [-0.39, 0.29) is 12.6 Å². The molecule has 18 heavy (non-hydrogen) atoms. The summed E-state index contributed by atoms with van der Waals surface area (Å²) in [4.78, 5) is 0. The van der Waals surface area contributed by atoms with E-state index >= 15 is 0 Å². The van der Waals surface area contributed by atoms with Gasteiger partial charge in [-0.3, -0.25) is 0 Å². The Morgan fingerprint density at radius 2 is 1.94 bits per heavy atom. The monoisotopic (exact) mass is 261 g/mol. The molecular formula is C15H19NOS. The third-order valence-electron chi connectivity index (χ3n) is 3.11. The minimum absolute atomic E-state index is 0.0100. The van der Waals surface area contributed by atoms with Crippen molar-refractivity contribution in [3.63, 3.8) is 0 Å². The van der Waals surface area contributed by atoms with Crippen LogP contribution in [-0.2, 0) is 13.0 Å². The van der Waals surface area contributed by atoms with Gasteiger partial charge in [0, 0.05) is 6.54 Å². The molecule has 0 fully saturated rings. The van der Waals surface area contributed by atoms with Crippen molar-refractivity contribution in [3.05, 3.63) is 57.8 Å². The molecule has 1 aromatic heterocycles. The fourth-order valence-corrected chi connectivity index (χ4v) is 2.58. The largest absolute Gasteiger partial charge is 0.394 e. The van der Waals surface area contributed by atoms with Crippen LogP contribution in [0.2, 0.25) is 0 Å². The minimum Gasteiger partial charge on any atom is -0.394 e. The van der Waals surface area contributed by atoms with E-state index in [4.69, 9.17) is 0 Å². The SMILES string of the molecule is CCc1ccc(C(CO)NCc2ccsc2)cc1. The molecule has 96 valence electrons. The summed E-state index contributed by atoms with van der Waals surface area (Å²) in [7, 11) is 0. The fourth-order valence-electron chi connectivity index (χ4n) is 1.91. The maximum absolute atomic E-state index is 9.47. The molecule has 3 heteroatoms. The lowest BCUT2D eigenvalue weighted by molar-refractivity contribution is 0.243. The Kier molecular flexibility index (Phi) is 4.93. The zero-order valence-electron chi connectivity index (χ0n) is 10.6. The number of hydrogen-bond donors (Lipinski definition) is 2. The number of aliphatic hydroxyl groups excluding tert-OH is 1. The van der Waals surface area contributed by atoms with Crippen molar-refractivity contribution >= 4 is 11.3 Å². The second-order valence-corrected chi connectivity index (χ2v) is 5.12. The van der Waals surface area contributed by atoms with Gasteiger partial charge in [0.25, 0.3) is 0 Å². The molecule has 2 aromatic rings. The number of hydrogen-bond acceptors (Lipinski definition) is 3. The van der Waals surface area contributed by atoms with Crippen molar-refractivity contribution in [2.75, 3.05) is 6.61 Å². The molecule has 0 aliphatic carbocycles. The van der Waals surface area contributed by atoms with Gasteiger partial charge in [-0.2, -0.15) is 11.3 Å². The van der Waals surface area contributed by atoms with Crippen molar-refractivity contribution in [1.29, 1.82) is 0 Å². The molecule has 0 saturated carbocycles. The first-order chi connectivity index (χ1) is 8.83. The van der Waals surface area contributed by atoms with Crippen LogP contribution in [0.5, 0.6) is 0 Å². The summed E-state index contributed by atoms with van der Waals surface area (Å²) in [6, 6.07) is 10.6. The lowest BCUT2D eigenvalue weighted by Crippen LogP contribution is -2.23. The minimum atomic E-state index is 0.0100. The highest BCUT2D eigenvalue weighted by atomic mass is 32.1. The topological polar surface area (TPSA) is 32.3 Å². The van der Waals surface area contributed by atoms with Crippen molar-refractivity contribution in [2.45, 2.75) is 25.9 Å². The molecular weight excluding hydrogens is 242 g/mol. The van der Waals surface area contributed by atoms with Gasteiger partial charge in [-0.05, 0) is 39.9 Å². The van der Waals surface area contributed by atoms with Crippen LogP contribution in [0.25, 0.3) is 0 Å². The van der Waals surface area contributed by atoms with Gasteiger partial charge in [0.05, 0.1) is 12.6 Å². The number of aliphatic hydroxyl groups is 1. The van der Waals surface area contributed by atoms with Crippen molar-refractivity contribution in [1.82, 2.24) is 5.32 Å². The molecule has 0 spiro atoms. The van der Waals surface area contributed by atoms with Crippen molar-refractivity contribution in [2.24, 2.45) is 0 Å². The summed E-state index contributed by atoms with van der Waals surface area (Å²) in [5.74, 6) is 0. The van der Waals surface area contributed by atoms with Crippen molar-refractivity contribution < 1.29 is 5.11 Å². The maximum Gasteiger partial charge on any atom is 0.0626 e. The third-order valence-corrected chi connectivity index (χ3v) is 3.84. The Labute approximate surface area is 112 Å². The molecule has 1 atom stereocenters. The molecule has 0 aliphatic rings. The number of nitrogens with one attached hydrogen (secondary N) is 1. The van der Waals surface area contributed by atoms with E-state index in [2.05, 4.69) is 53.3 Å². The number of rotatable bonds is 6. The van der Waals surface area contributed by atoms with Crippen LogP contribution in [0.1, 0.15) is 29.7 Å². The summed E-state index contributed by atoms with van der Waals surface area (Å²) in [6.07, 6.45) is 1.05. The van der Waals surface area contributed by atoms with E-state index in [1.54, 1.807) is 11.3 Å². The molecule has 0 amide bonds. The standard InChI is InChI=1S/C15H19NOS/c1-2-12-3-5-14(6-4-12)15(10-17)16-9-13-7-8-18-11-13/h3-8,11,15-17H,2,9-10H2,1H3. The van der Waals surface area contributed by atoms with E-state index in [0.717, 1.165) is 18.5 Å². The van der Waals surface area contributed by atoms with Crippen LogP contribution in [0.15, 0.2) is 41.1 Å². The Hall–Kier alpha value is -1.16. The maximum atomic E-state index is 9.47. The van der Waals surface area contributed by atoms with E-state index in [1.165, 1.54) is 11.1 Å². The normalized spacial score (nSPS) is 12.6. The lowest BCUT2D eigenvalue weighted by atomic mass is 10.0. The lowest BCUT2D eigenvalue weighted by Gasteiger charge is -2.16. The third kappa shape index (κ3) is 3.42. The Morgan fingerprint density at radius 1 is 1.17 bits per heavy atom. The summed E-state index contributed by atoms with van der Waals surface area (Å²) in [5.41, 5.74) is 3.74. The highest BCUT2D eigenvalue weighted by Gasteiger charge is 2.09. The first-order valence-electron chi connectivity index (χ1n) is 6.27.